The van der Waals surface area contributed by atoms with Crippen molar-refractivity contribution in [1.29, 1.82) is 0 Å². The van der Waals surface area contributed by atoms with Crippen molar-refractivity contribution in [1.82, 2.24) is 5.32 Å². The zero-order valence-corrected chi connectivity index (χ0v) is 49.9. The van der Waals surface area contributed by atoms with Crippen molar-refractivity contribution in [3.05, 3.63) is 146 Å². The highest BCUT2D eigenvalue weighted by Gasteiger charge is 2.47. The van der Waals surface area contributed by atoms with Crippen molar-refractivity contribution in [2.24, 2.45) is 0 Å². The number of esters is 1. The summed E-state index contributed by atoms with van der Waals surface area (Å²) in [4.78, 5) is 26.5. The van der Waals surface area contributed by atoms with Gasteiger partial charge in [-0.3, -0.25) is 9.59 Å². The van der Waals surface area contributed by atoms with Gasteiger partial charge in [-0.05, 0) is 122 Å². The first-order valence-corrected chi connectivity index (χ1v) is 31.1. The van der Waals surface area contributed by atoms with Gasteiger partial charge in [0.15, 0.2) is 12.4 Å². The quantitative estimate of drug-likeness (QED) is 0.0195. The molecule has 1 saturated heterocycles. The number of rotatable bonds is 50. The Morgan fingerprint density at radius 1 is 0.500 bits per heavy atom. The van der Waals surface area contributed by atoms with Crippen LogP contribution >= 0.6 is 0 Å². The molecule has 1 rings (SSSR count). The van der Waals surface area contributed by atoms with Gasteiger partial charge in [-0.15, -0.1) is 0 Å². The molecule has 0 aromatic rings. The van der Waals surface area contributed by atoms with Gasteiger partial charge in [0.05, 0.1) is 25.4 Å². The SMILES string of the molecule is CC/C=C\C/C=C\C/C=C\C/C=C\C/C=C\C/C=C\CCCCC(=O)OC1C(OCC(NC(=O)C(O)CCCC/C=C\C/C=C\C/C=C\C/C=C\C/C=C\CC)C(O)/C=C/CCCCCCCCCCCC)OC(CO)C(O)C1O. The lowest BCUT2D eigenvalue weighted by Gasteiger charge is -2.41. The van der Waals surface area contributed by atoms with Crippen molar-refractivity contribution >= 4 is 11.9 Å². The van der Waals surface area contributed by atoms with E-state index in [1.165, 1.54) is 44.9 Å². The highest BCUT2D eigenvalue weighted by molar-refractivity contribution is 5.80. The van der Waals surface area contributed by atoms with E-state index in [1.54, 1.807) is 6.08 Å². The van der Waals surface area contributed by atoms with E-state index in [1.807, 2.05) is 6.08 Å². The molecule has 0 aromatic carbocycles. The number of hydrogen-bond acceptors (Lipinski definition) is 10. The third kappa shape index (κ3) is 42.4. The number of hydrogen-bond donors (Lipinski definition) is 6. The average molecular weight is 1110 g/mol. The molecule has 8 atom stereocenters. The summed E-state index contributed by atoms with van der Waals surface area (Å²) < 4.78 is 17.6. The molecule has 0 spiro atoms. The molecule has 1 heterocycles. The third-order valence-corrected chi connectivity index (χ3v) is 13.5. The second-order valence-corrected chi connectivity index (χ2v) is 20.7. The fraction of sp³-hybridized carbons (Fsp3) is 0.623. The Hall–Kier alpha value is -4.46. The number of allylic oxidation sites excluding steroid dienone is 23. The van der Waals surface area contributed by atoms with Gasteiger partial charge in [-0.2, -0.15) is 0 Å². The maximum Gasteiger partial charge on any atom is 0.306 e. The van der Waals surface area contributed by atoms with Crippen LogP contribution in [0.2, 0.25) is 0 Å². The van der Waals surface area contributed by atoms with Crippen molar-refractivity contribution in [3.63, 3.8) is 0 Å². The number of carbonyl (C=O) groups is 2. The Balaban J connectivity index is 2.75. The molecule has 0 aliphatic carbocycles. The molecule has 1 aliphatic rings. The minimum atomic E-state index is -1.65. The molecule has 0 saturated carbocycles. The molecule has 1 aliphatic heterocycles. The van der Waals surface area contributed by atoms with E-state index in [0.29, 0.717) is 12.8 Å². The summed E-state index contributed by atoms with van der Waals surface area (Å²) in [5.74, 6) is -1.29. The van der Waals surface area contributed by atoms with Crippen LogP contribution in [0.4, 0.5) is 0 Å². The van der Waals surface area contributed by atoms with Crippen molar-refractivity contribution in [3.8, 4) is 0 Å². The lowest BCUT2D eigenvalue weighted by Crippen LogP contribution is -2.61. The first-order valence-electron chi connectivity index (χ1n) is 31.1. The fourth-order valence-electron chi connectivity index (χ4n) is 8.62. The van der Waals surface area contributed by atoms with E-state index in [2.05, 4.69) is 160 Å². The topological polar surface area (TPSA) is 175 Å². The predicted octanol–water partition coefficient (Wildman–Crippen LogP) is 15.0. The Morgan fingerprint density at radius 2 is 0.900 bits per heavy atom. The standard InChI is InChI=1S/C69H111NO10/c1-4-7-10-13-16-19-22-25-27-29-31-32-33-35-37-39-42-45-48-51-54-57-64(74)80-67-66(76)65(75)63(58-71)79-69(67)78-59-60(61(72)55-52-49-46-43-40-24-21-18-15-12-9-6-3)70-68(77)62(73)56-53-50-47-44-41-38-36-34-30-28-26-23-20-17-14-11-8-5-2/h7-8,10-11,16-17,19-20,25-28,31-32,34-37,41-42,44-45,52,55,60-63,65-67,69,71-73,75-76H,4-6,9,12-15,18,21-24,29-30,33,38-40,43,46-51,53-54,56-59H2,1-3H3,(H,70,77)/b10-7-,11-8-,19-16-,20-17-,27-25-,28-26-,32-31-,36-34-,37-35-,44-41-,45-42-,55-52+. The maximum absolute atomic E-state index is 13.4. The summed E-state index contributed by atoms with van der Waals surface area (Å²) in [6, 6.07) is -1.06. The predicted molar refractivity (Wildman–Crippen MR) is 333 cm³/mol. The van der Waals surface area contributed by atoms with Crippen LogP contribution in [0, 0.1) is 0 Å². The first-order chi connectivity index (χ1) is 39.2. The third-order valence-electron chi connectivity index (χ3n) is 13.5. The Labute approximate surface area is 485 Å². The van der Waals surface area contributed by atoms with Gasteiger partial charge in [0.2, 0.25) is 5.91 Å². The van der Waals surface area contributed by atoms with Crippen LogP contribution in [0.1, 0.15) is 213 Å². The van der Waals surface area contributed by atoms with E-state index in [4.69, 9.17) is 14.2 Å². The summed E-state index contributed by atoms with van der Waals surface area (Å²) in [6.45, 7) is 5.49. The smallest absolute Gasteiger partial charge is 0.306 e. The number of aliphatic hydroxyl groups is 5. The molecule has 80 heavy (non-hydrogen) atoms. The van der Waals surface area contributed by atoms with Crippen LogP contribution in [0.5, 0.6) is 0 Å². The van der Waals surface area contributed by atoms with Gasteiger partial charge >= 0.3 is 5.97 Å². The minimum absolute atomic E-state index is 0.0551. The van der Waals surface area contributed by atoms with Crippen LogP contribution in [0.25, 0.3) is 0 Å². The van der Waals surface area contributed by atoms with Gasteiger partial charge in [-0.1, -0.05) is 231 Å². The van der Waals surface area contributed by atoms with Crippen molar-refractivity contribution in [2.45, 2.75) is 262 Å². The number of ether oxygens (including phenoxy) is 3. The summed E-state index contributed by atoms with van der Waals surface area (Å²) in [5.41, 5.74) is 0. The normalized spacial score (nSPS) is 19.8. The van der Waals surface area contributed by atoms with Gasteiger partial charge in [0.25, 0.3) is 0 Å². The molecule has 1 fully saturated rings. The highest BCUT2D eigenvalue weighted by atomic mass is 16.7. The van der Waals surface area contributed by atoms with Gasteiger partial charge in [0, 0.05) is 6.42 Å². The minimum Gasteiger partial charge on any atom is -0.454 e. The number of unbranched alkanes of at least 4 members (excludes halogenated alkanes) is 14. The number of carbonyl (C=O) groups excluding carboxylic acids is 2. The van der Waals surface area contributed by atoms with Gasteiger partial charge in [-0.25, -0.2) is 0 Å². The maximum atomic E-state index is 13.4. The number of aliphatic hydroxyl groups excluding tert-OH is 5. The lowest BCUT2D eigenvalue weighted by molar-refractivity contribution is -0.305. The van der Waals surface area contributed by atoms with E-state index < -0.39 is 67.4 Å². The number of amides is 1. The monoisotopic (exact) mass is 1110 g/mol. The van der Waals surface area contributed by atoms with Crippen molar-refractivity contribution < 1.29 is 49.3 Å². The average Bonchev–Trinajstić information content (AvgIpc) is 3.45. The lowest BCUT2D eigenvalue weighted by atomic mass is 9.99. The summed E-state index contributed by atoms with van der Waals surface area (Å²) in [6.07, 6.45) is 68.8. The van der Waals surface area contributed by atoms with E-state index in [-0.39, 0.29) is 19.4 Å². The molecular formula is C69H111NO10. The zero-order valence-electron chi connectivity index (χ0n) is 49.9. The van der Waals surface area contributed by atoms with Crippen LogP contribution in [-0.2, 0) is 23.8 Å². The fourth-order valence-corrected chi connectivity index (χ4v) is 8.62. The molecule has 452 valence electrons. The Bertz CT molecular complexity index is 1850. The molecular weight excluding hydrogens is 1000 g/mol. The largest absolute Gasteiger partial charge is 0.454 e. The van der Waals surface area contributed by atoms with Crippen LogP contribution in [0.15, 0.2) is 146 Å². The first kappa shape index (κ1) is 73.6. The van der Waals surface area contributed by atoms with Crippen molar-refractivity contribution in [2.75, 3.05) is 13.2 Å². The molecule has 8 unspecified atom stereocenters. The van der Waals surface area contributed by atoms with E-state index in [0.717, 1.165) is 122 Å². The van der Waals surface area contributed by atoms with Crippen LogP contribution in [-0.4, -0.2) is 99.6 Å². The van der Waals surface area contributed by atoms with E-state index >= 15 is 0 Å². The highest BCUT2D eigenvalue weighted by Crippen LogP contribution is 2.26. The second-order valence-electron chi connectivity index (χ2n) is 20.7. The van der Waals surface area contributed by atoms with Gasteiger partial charge in [0.1, 0.15) is 24.4 Å². The second kappa shape index (κ2) is 55.1. The molecule has 11 heteroatoms. The summed E-state index contributed by atoms with van der Waals surface area (Å²) >= 11 is 0. The number of nitrogens with one attached hydrogen (secondary N) is 1. The molecule has 0 bridgehead atoms. The molecule has 0 aromatic heterocycles. The Morgan fingerprint density at radius 3 is 1.35 bits per heavy atom. The Kier molecular flexibility index (Phi) is 50.7. The molecule has 11 nitrogen and oxygen atoms in total. The molecule has 6 N–H and O–H groups in total. The summed E-state index contributed by atoms with van der Waals surface area (Å²) in [7, 11) is 0. The zero-order chi connectivity index (χ0) is 58.2. The van der Waals surface area contributed by atoms with Crippen LogP contribution in [0.3, 0.4) is 0 Å². The molecule has 0 radical (unpaired) electrons. The van der Waals surface area contributed by atoms with E-state index in [9.17, 15) is 35.1 Å². The van der Waals surface area contributed by atoms with Gasteiger partial charge < -0.3 is 45.1 Å². The summed E-state index contributed by atoms with van der Waals surface area (Å²) in [5, 5.41) is 56.9. The van der Waals surface area contributed by atoms with Crippen LogP contribution < -0.4 is 5.32 Å². The molecule has 1 amide bonds.